The predicted molar refractivity (Wildman–Crippen MR) is 166 cm³/mol. The molecule has 0 radical (unpaired) electrons. The van der Waals surface area contributed by atoms with Crippen LogP contribution < -0.4 is 0 Å². The molecule has 43 heavy (non-hydrogen) atoms. The summed E-state index contributed by atoms with van der Waals surface area (Å²) in [4.78, 5) is 0. The van der Waals surface area contributed by atoms with Gasteiger partial charge < -0.3 is 37.9 Å². The zero-order chi connectivity index (χ0) is 30.1. The molecule has 8 heteroatoms. The monoisotopic (exact) mass is 594 g/mol. The van der Waals surface area contributed by atoms with E-state index in [9.17, 15) is 0 Å². The van der Waals surface area contributed by atoms with E-state index in [1.807, 2.05) is 54.6 Å². The van der Waals surface area contributed by atoms with Gasteiger partial charge in [0.05, 0.1) is 92.2 Å². The van der Waals surface area contributed by atoms with Gasteiger partial charge in [-0.2, -0.15) is 0 Å². The van der Waals surface area contributed by atoms with E-state index in [0.717, 1.165) is 16.7 Å². The third kappa shape index (κ3) is 13.0. The minimum absolute atomic E-state index is 0.423. The van der Waals surface area contributed by atoms with Crippen molar-refractivity contribution in [2.24, 2.45) is 0 Å². The normalized spacial score (nSPS) is 11.4. The Morgan fingerprint density at radius 3 is 0.977 bits per heavy atom. The average Bonchev–Trinajstić information content (AvgIpc) is 3.06. The van der Waals surface area contributed by atoms with Crippen LogP contribution in [0.25, 0.3) is 0 Å². The van der Waals surface area contributed by atoms with Crippen molar-refractivity contribution < 1.29 is 37.9 Å². The lowest BCUT2D eigenvalue weighted by molar-refractivity contribution is -0.0396. The van der Waals surface area contributed by atoms with Gasteiger partial charge in [0.25, 0.3) is 0 Å². The maximum Gasteiger partial charge on any atom is 0.143 e. The van der Waals surface area contributed by atoms with E-state index in [-0.39, 0.29) is 0 Å². The van der Waals surface area contributed by atoms with Crippen LogP contribution >= 0.6 is 0 Å². The van der Waals surface area contributed by atoms with Crippen molar-refractivity contribution in [2.45, 2.75) is 5.60 Å². The van der Waals surface area contributed by atoms with E-state index in [0.29, 0.717) is 92.5 Å². The topological polar surface area (TPSA) is 73.8 Å². The first-order valence-electron chi connectivity index (χ1n) is 14.9. The standard InChI is InChI=1S/C35H46O8/c1-2-36-18-19-37-20-21-38-22-23-39-24-25-40-26-27-41-28-29-42-30-31-43-35(32-12-6-3-7-13-32,33-14-8-4-9-15-33)34-16-10-5-11-17-34/h2-17H,1,18-31H2. The molecule has 0 saturated carbocycles. The first-order chi connectivity index (χ1) is 21.4. The van der Waals surface area contributed by atoms with Crippen LogP contribution in [0.1, 0.15) is 16.7 Å². The molecule has 3 aromatic carbocycles. The lowest BCUT2D eigenvalue weighted by Crippen LogP contribution is -2.34. The van der Waals surface area contributed by atoms with Crippen LogP contribution in [-0.4, -0.2) is 92.5 Å². The van der Waals surface area contributed by atoms with Gasteiger partial charge in [-0.25, -0.2) is 0 Å². The molecule has 0 aliphatic carbocycles. The number of hydrogen-bond donors (Lipinski definition) is 0. The lowest BCUT2D eigenvalue weighted by atomic mass is 9.80. The van der Waals surface area contributed by atoms with E-state index < -0.39 is 5.60 Å². The molecule has 0 atom stereocenters. The lowest BCUT2D eigenvalue weighted by Gasteiger charge is -2.36. The zero-order valence-electron chi connectivity index (χ0n) is 25.1. The van der Waals surface area contributed by atoms with Crippen molar-refractivity contribution in [3.05, 3.63) is 121 Å². The molecule has 0 unspecified atom stereocenters. The number of rotatable bonds is 26. The van der Waals surface area contributed by atoms with Gasteiger partial charge in [-0.1, -0.05) is 97.6 Å². The maximum atomic E-state index is 6.71. The Morgan fingerprint density at radius 1 is 0.395 bits per heavy atom. The summed E-state index contributed by atoms with van der Waals surface area (Å²) >= 11 is 0. The molecule has 3 aromatic rings. The number of ether oxygens (including phenoxy) is 8. The van der Waals surface area contributed by atoms with Crippen LogP contribution in [0.3, 0.4) is 0 Å². The second kappa shape index (κ2) is 22.5. The van der Waals surface area contributed by atoms with Crippen molar-refractivity contribution in [1.29, 1.82) is 0 Å². The second-order valence-corrected chi connectivity index (χ2v) is 9.34. The summed E-state index contributed by atoms with van der Waals surface area (Å²) in [6.07, 6.45) is 1.40. The first-order valence-corrected chi connectivity index (χ1v) is 14.9. The Labute approximate surface area is 256 Å². The summed E-state index contributed by atoms with van der Waals surface area (Å²) in [5, 5.41) is 0. The highest BCUT2D eigenvalue weighted by Gasteiger charge is 2.37. The van der Waals surface area contributed by atoms with Crippen LogP contribution in [0.15, 0.2) is 104 Å². The van der Waals surface area contributed by atoms with Crippen molar-refractivity contribution in [1.82, 2.24) is 0 Å². The highest BCUT2D eigenvalue weighted by Crippen LogP contribution is 2.40. The Balaban J connectivity index is 1.24. The minimum atomic E-state index is -0.742. The summed E-state index contributed by atoms with van der Waals surface area (Å²) < 4.78 is 44.9. The Morgan fingerprint density at radius 2 is 0.674 bits per heavy atom. The molecule has 3 rings (SSSR count). The summed E-state index contributed by atoms with van der Waals surface area (Å²) in [6.45, 7) is 10.5. The molecule has 0 heterocycles. The Hall–Kier alpha value is -3.08. The molecule has 0 aliphatic rings. The fraction of sp³-hybridized carbons (Fsp3) is 0.429. The van der Waals surface area contributed by atoms with Gasteiger partial charge in [0, 0.05) is 0 Å². The third-order valence-corrected chi connectivity index (χ3v) is 6.41. The molecule has 0 saturated heterocycles. The van der Waals surface area contributed by atoms with Crippen molar-refractivity contribution in [3.63, 3.8) is 0 Å². The third-order valence-electron chi connectivity index (χ3n) is 6.41. The molecule has 234 valence electrons. The predicted octanol–water partition coefficient (Wildman–Crippen LogP) is 5.25. The summed E-state index contributed by atoms with van der Waals surface area (Å²) in [5.74, 6) is 0. The average molecular weight is 595 g/mol. The Kier molecular flexibility index (Phi) is 18.0. The molecule has 0 aromatic heterocycles. The van der Waals surface area contributed by atoms with E-state index in [4.69, 9.17) is 37.9 Å². The number of hydrogen-bond acceptors (Lipinski definition) is 8. The molecule has 0 spiro atoms. The fourth-order valence-electron chi connectivity index (χ4n) is 4.41. The minimum Gasteiger partial charge on any atom is -0.499 e. The van der Waals surface area contributed by atoms with E-state index in [2.05, 4.69) is 43.0 Å². The zero-order valence-corrected chi connectivity index (χ0v) is 25.1. The van der Waals surface area contributed by atoms with Crippen molar-refractivity contribution in [2.75, 3.05) is 92.5 Å². The van der Waals surface area contributed by atoms with E-state index >= 15 is 0 Å². The van der Waals surface area contributed by atoms with Crippen LogP contribution in [0, 0.1) is 0 Å². The van der Waals surface area contributed by atoms with Gasteiger partial charge in [-0.15, -0.1) is 0 Å². The fourth-order valence-corrected chi connectivity index (χ4v) is 4.41. The molecule has 0 N–H and O–H groups in total. The van der Waals surface area contributed by atoms with Gasteiger partial charge in [-0.05, 0) is 16.7 Å². The summed E-state index contributed by atoms with van der Waals surface area (Å²) in [5.41, 5.74) is 2.47. The molecule has 0 bridgehead atoms. The van der Waals surface area contributed by atoms with Gasteiger partial charge in [0.1, 0.15) is 12.2 Å². The molecular formula is C35H46O8. The van der Waals surface area contributed by atoms with Crippen molar-refractivity contribution in [3.8, 4) is 0 Å². The quantitative estimate of drug-likeness (QED) is 0.0709. The largest absolute Gasteiger partial charge is 0.499 e. The highest BCUT2D eigenvalue weighted by molar-refractivity contribution is 5.47. The van der Waals surface area contributed by atoms with Gasteiger partial charge in [-0.3, -0.25) is 0 Å². The van der Waals surface area contributed by atoms with Gasteiger partial charge >= 0.3 is 0 Å². The van der Waals surface area contributed by atoms with E-state index in [1.165, 1.54) is 6.26 Å². The van der Waals surface area contributed by atoms with Crippen LogP contribution in [0.4, 0.5) is 0 Å². The van der Waals surface area contributed by atoms with E-state index in [1.54, 1.807) is 0 Å². The smallest absolute Gasteiger partial charge is 0.143 e. The maximum absolute atomic E-state index is 6.71. The van der Waals surface area contributed by atoms with Crippen LogP contribution in [-0.2, 0) is 43.5 Å². The second-order valence-electron chi connectivity index (χ2n) is 9.34. The van der Waals surface area contributed by atoms with Gasteiger partial charge in [0.15, 0.2) is 0 Å². The molecule has 8 nitrogen and oxygen atoms in total. The highest BCUT2D eigenvalue weighted by atomic mass is 16.6. The number of benzene rings is 3. The summed E-state index contributed by atoms with van der Waals surface area (Å²) in [6, 6.07) is 31.0. The molecule has 0 fully saturated rings. The summed E-state index contributed by atoms with van der Waals surface area (Å²) in [7, 11) is 0. The van der Waals surface area contributed by atoms with Crippen LogP contribution in [0.5, 0.6) is 0 Å². The first kappa shape index (κ1) is 34.4. The van der Waals surface area contributed by atoms with Crippen molar-refractivity contribution >= 4 is 0 Å². The molecule has 0 aliphatic heterocycles. The van der Waals surface area contributed by atoms with Gasteiger partial charge in [0.2, 0.25) is 0 Å². The SMILES string of the molecule is C=COCCOCCOCCOCCOCCOCCOCCOC(c1ccccc1)(c1ccccc1)c1ccccc1. The molecule has 0 amide bonds. The van der Waals surface area contributed by atoms with Crippen LogP contribution in [0.2, 0.25) is 0 Å². The molecular weight excluding hydrogens is 548 g/mol. The Bertz CT molecular complexity index is 968.